The van der Waals surface area contributed by atoms with Crippen molar-refractivity contribution in [2.75, 3.05) is 12.3 Å². The van der Waals surface area contributed by atoms with Crippen molar-refractivity contribution in [2.45, 2.75) is 24.5 Å². The van der Waals surface area contributed by atoms with Crippen molar-refractivity contribution in [3.63, 3.8) is 0 Å². The van der Waals surface area contributed by atoms with Crippen LogP contribution in [0.1, 0.15) is 6.23 Å². The highest BCUT2D eigenvalue weighted by Crippen LogP contribution is 2.43. The summed E-state index contributed by atoms with van der Waals surface area (Å²) in [6, 6.07) is 1.28. The van der Waals surface area contributed by atoms with E-state index in [1.54, 1.807) is 0 Å². The van der Waals surface area contributed by atoms with Crippen molar-refractivity contribution in [1.29, 1.82) is 0 Å². The van der Waals surface area contributed by atoms with E-state index in [1.165, 1.54) is 12.3 Å². The van der Waals surface area contributed by atoms with E-state index in [9.17, 15) is 14.5 Å². The Kier molecular flexibility index (Phi) is 4.44. The van der Waals surface area contributed by atoms with Gasteiger partial charge in [-0.1, -0.05) is 0 Å². The molecule has 0 amide bonds. The van der Waals surface area contributed by atoms with Crippen LogP contribution in [0.5, 0.6) is 0 Å². The lowest BCUT2D eigenvalue weighted by atomic mass is 10.1. The highest BCUT2D eigenvalue weighted by atomic mass is 31.2. The molecule has 2 unspecified atom stereocenters. The van der Waals surface area contributed by atoms with Crippen LogP contribution in [0.15, 0.2) is 17.1 Å². The molecule has 0 spiro atoms. The molecule has 1 aromatic rings. The molecule has 2 rings (SSSR count). The molecule has 0 aliphatic carbocycles. The second-order valence-corrected chi connectivity index (χ2v) is 5.53. The zero-order chi connectivity index (χ0) is 15.8. The number of aliphatic hydroxyl groups is 2. The molecule has 0 saturated carbocycles. The highest BCUT2D eigenvalue weighted by molar-refractivity contribution is 7.46. The Hall–Kier alpha value is -1.33. The van der Waals surface area contributed by atoms with Crippen molar-refractivity contribution >= 4 is 13.6 Å². The number of rotatable bonds is 4. The van der Waals surface area contributed by atoms with E-state index in [0.29, 0.717) is 0 Å². The fourth-order valence-electron chi connectivity index (χ4n) is 2.00. The molecular formula is C9H14N3O8P. The van der Waals surface area contributed by atoms with Gasteiger partial charge in [0.15, 0.2) is 6.23 Å². The number of aromatic nitrogens is 2. The predicted octanol–water partition coefficient (Wildman–Crippen LogP) is -2.45. The molecule has 1 aliphatic rings. The molecule has 2 heterocycles. The molecule has 21 heavy (non-hydrogen) atoms. The molecular weight excluding hydrogens is 309 g/mol. The number of hydrogen-bond acceptors (Lipinski definition) is 8. The maximum absolute atomic E-state index is 11.7. The minimum absolute atomic E-state index is 0.0366. The minimum atomic E-state index is -4.91. The predicted molar refractivity (Wildman–Crippen MR) is 66.8 cm³/mol. The average Bonchev–Trinajstić information content (AvgIpc) is 2.65. The molecule has 4 atom stereocenters. The first-order valence-corrected chi connectivity index (χ1v) is 7.29. The number of anilines is 1. The average molecular weight is 323 g/mol. The Bertz CT molecular complexity index is 615. The number of ether oxygens (including phenoxy) is 1. The van der Waals surface area contributed by atoms with Gasteiger partial charge in [-0.25, -0.2) is 9.36 Å². The van der Waals surface area contributed by atoms with Crippen LogP contribution in [0.2, 0.25) is 0 Å². The Morgan fingerprint density at radius 1 is 1.52 bits per heavy atom. The standard InChI is InChI=1S/C9H14N3O8P/c10-5-1-2-12(9(15)11-5)8-6(14)7(4(3-13)19-8)20-21(16,17)18/h1-2,4,6-8,13-14H,3H2,(H2,10,11,15)(H2,16,17,18)/t4-,6?,7?,8-/m1/s1. The van der Waals surface area contributed by atoms with Crippen LogP contribution in [-0.2, 0) is 13.8 Å². The van der Waals surface area contributed by atoms with Crippen LogP contribution < -0.4 is 11.4 Å². The Morgan fingerprint density at radius 2 is 2.19 bits per heavy atom. The second-order valence-electron chi connectivity index (χ2n) is 4.34. The van der Waals surface area contributed by atoms with Gasteiger partial charge in [0.25, 0.3) is 0 Å². The number of phosphoric ester groups is 1. The van der Waals surface area contributed by atoms with Crippen LogP contribution in [0, 0.1) is 0 Å². The first-order chi connectivity index (χ1) is 9.73. The minimum Gasteiger partial charge on any atom is -0.394 e. The fraction of sp³-hybridized carbons (Fsp3) is 0.556. The molecule has 0 bridgehead atoms. The summed E-state index contributed by atoms with van der Waals surface area (Å²) in [5, 5.41) is 19.2. The highest BCUT2D eigenvalue weighted by Gasteiger charge is 2.48. The number of nitrogen functional groups attached to an aromatic ring is 1. The lowest BCUT2D eigenvalue weighted by Gasteiger charge is -2.20. The summed E-state index contributed by atoms with van der Waals surface area (Å²) in [6.45, 7) is -0.671. The monoisotopic (exact) mass is 323 g/mol. The summed E-state index contributed by atoms with van der Waals surface area (Å²) in [4.78, 5) is 32.7. The quantitative estimate of drug-likeness (QED) is 0.374. The molecule has 0 radical (unpaired) electrons. The van der Waals surface area contributed by atoms with E-state index in [0.717, 1.165) is 4.57 Å². The summed E-state index contributed by atoms with van der Waals surface area (Å²) in [7, 11) is -4.91. The molecule has 6 N–H and O–H groups in total. The van der Waals surface area contributed by atoms with Crippen LogP contribution in [-0.4, -0.2) is 54.5 Å². The van der Waals surface area contributed by atoms with Crippen LogP contribution in [0.3, 0.4) is 0 Å². The third kappa shape index (κ3) is 3.47. The number of hydrogen-bond donors (Lipinski definition) is 5. The summed E-state index contributed by atoms with van der Waals surface area (Å²) in [5.41, 5.74) is 4.50. The van der Waals surface area contributed by atoms with Crippen molar-refractivity contribution in [3.8, 4) is 0 Å². The zero-order valence-corrected chi connectivity index (χ0v) is 11.4. The van der Waals surface area contributed by atoms with Crippen molar-refractivity contribution in [2.24, 2.45) is 0 Å². The van der Waals surface area contributed by atoms with Crippen LogP contribution in [0.25, 0.3) is 0 Å². The van der Waals surface area contributed by atoms with E-state index in [1.807, 2.05) is 0 Å². The van der Waals surface area contributed by atoms with Crippen LogP contribution >= 0.6 is 7.82 Å². The van der Waals surface area contributed by atoms with Crippen molar-refractivity contribution < 1.29 is 33.8 Å². The Balaban J connectivity index is 2.31. The molecule has 11 nitrogen and oxygen atoms in total. The lowest BCUT2D eigenvalue weighted by Crippen LogP contribution is -2.37. The summed E-state index contributed by atoms with van der Waals surface area (Å²) >= 11 is 0. The molecule has 118 valence electrons. The van der Waals surface area contributed by atoms with Gasteiger partial charge < -0.3 is 30.5 Å². The lowest BCUT2D eigenvalue weighted by molar-refractivity contribution is -0.0548. The second kappa shape index (κ2) is 5.81. The van der Waals surface area contributed by atoms with Gasteiger partial charge in [-0.15, -0.1) is 0 Å². The summed E-state index contributed by atoms with van der Waals surface area (Å²) in [5.74, 6) is -0.0366. The molecule has 0 aromatic carbocycles. The third-order valence-electron chi connectivity index (χ3n) is 2.87. The summed E-state index contributed by atoms with van der Waals surface area (Å²) in [6.07, 6.45) is -4.45. The van der Waals surface area contributed by atoms with Gasteiger partial charge in [-0.3, -0.25) is 9.09 Å². The van der Waals surface area contributed by atoms with Gasteiger partial charge in [0, 0.05) is 6.20 Å². The van der Waals surface area contributed by atoms with Gasteiger partial charge in [0.2, 0.25) is 0 Å². The van der Waals surface area contributed by atoms with E-state index >= 15 is 0 Å². The molecule has 12 heteroatoms. The largest absolute Gasteiger partial charge is 0.470 e. The number of nitrogens with two attached hydrogens (primary N) is 1. The van der Waals surface area contributed by atoms with Gasteiger partial charge in [-0.05, 0) is 6.07 Å². The molecule has 1 saturated heterocycles. The number of aliphatic hydroxyl groups excluding tert-OH is 2. The van der Waals surface area contributed by atoms with E-state index < -0.39 is 44.7 Å². The molecule has 1 aromatic heterocycles. The summed E-state index contributed by atoms with van der Waals surface area (Å²) < 4.78 is 21.4. The van der Waals surface area contributed by atoms with Gasteiger partial charge in [-0.2, -0.15) is 4.98 Å². The third-order valence-corrected chi connectivity index (χ3v) is 3.39. The van der Waals surface area contributed by atoms with Crippen molar-refractivity contribution in [3.05, 3.63) is 22.7 Å². The topological polar surface area (TPSA) is 177 Å². The number of nitrogens with zero attached hydrogens (tertiary/aromatic N) is 2. The zero-order valence-electron chi connectivity index (χ0n) is 10.5. The maximum atomic E-state index is 11.7. The molecule has 1 aliphatic heterocycles. The maximum Gasteiger partial charge on any atom is 0.470 e. The Labute approximate surface area is 117 Å². The van der Waals surface area contributed by atoms with Gasteiger partial charge in [0.1, 0.15) is 24.1 Å². The van der Waals surface area contributed by atoms with Gasteiger partial charge in [0.05, 0.1) is 6.61 Å². The first-order valence-electron chi connectivity index (χ1n) is 5.76. The molecule has 1 fully saturated rings. The SMILES string of the molecule is Nc1ccn([C@@H]2O[C@H](CO)C(OP(=O)(O)O)C2O)c(=O)n1. The normalized spacial score (nSPS) is 29.7. The smallest absolute Gasteiger partial charge is 0.394 e. The Morgan fingerprint density at radius 3 is 2.71 bits per heavy atom. The van der Waals surface area contributed by atoms with Crippen molar-refractivity contribution in [1.82, 2.24) is 9.55 Å². The number of phosphoric acid groups is 1. The first kappa shape index (κ1) is 16.0. The fourth-order valence-corrected chi connectivity index (χ4v) is 2.58. The van der Waals surface area contributed by atoms with Gasteiger partial charge >= 0.3 is 13.5 Å². The van der Waals surface area contributed by atoms with E-state index in [4.69, 9.17) is 25.4 Å². The van der Waals surface area contributed by atoms with Crippen LogP contribution in [0.4, 0.5) is 5.82 Å². The van der Waals surface area contributed by atoms with E-state index in [2.05, 4.69) is 9.51 Å². The van der Waals surface area contributed by atoms with E-state index in [-0.39, 0.29) is 5.82 Å².